The van der Waals surface area contributed by atoms with Crippen LogP contribution in [0, 0.1) is 0 Å². The molecule has 0 bridgehead atoms. The van der Waals surface area contributed by atoms with Gasteiger partial charge in [0, 0.05) is 19.3 Å². The summed E-state index contributed by atoms with van der Waals surface area (Å²) < 4.78 is 0. The van der Waals surface area contributed by atoms with Crippen molar-refractivity contribution >= 4 is 17.7 Å². The van der Waals surface area contributed by atoms with Gasteiger partial charge in [0.15, 0.2) is 0 Å². The molecule has 0 aliphatic rings. The number of carbonyl (C=O) groups excluding carboxylic acids is 1. The SMILES string of the molecule is C=C(C)CN(C)C(=O)N(CCO)c1ccc(C(=O)O)cc1. The van der Waals surface area contributed by atoms with Crippen molar-refractivity contribution < 1.29 is 19.8 Å². The Hall–Kier alpha value is -2.34. The Labute approximate surface area is 123 Å². The fourth-order valence-corrected chi connectivity index (χ4v) is 1.90. The van der Waals surface area contributed by atoms with Gasteiger partial charge in [0.05, 0.1) is 18.7 Å². The second-order valence-corrected chi connectivity index (χ2v) is 4.82. The molecular weight excluding hydrogens is 272 g/mol. The van der Waals surface area contributed by atoms with Gasteiger partial charge in [0.25, 0.3) is 0 Å². The molecule has 2 N–H and O–H groups in total. The molecule has 1 rings (SSSR count). The van der Waals surface area contributed by atoms with E-state index in [1.165, 1.54) is 21.9 Å². The van der Waals surface area contributed by atoms with E-state index in [1.54, 1.807) is 19.2 Å². The van der Waals surface area contributed by atoms with E-state index in [1.807, 2.05) is 6.92 Å². The summed E-state index contributed by atoms with van der Waals surface area (Å²) >= 11 is 0. The second kappa shape index (κ2) is 7.44. The Balaban J connectivity index is 2.97. The molecule has 0 heterocycles. The van der Waals surface area contributed by atoms with Crippen molar-refractivity contribution in [2.75, 3.05) is 31.6 Å². The number of anilines is 1. The van der Waals surface area contributed by atoms with E-state index >= 15 is 0 Å². The largest absolute Gasteiger partial charge is 0.478 e. The molecule has 2 amide bonds. The highest BCUT2D eigenvalue weighted by Crippen LogP contribution is 2.17. The van der Waals surface area contributed by atoms with Gasteiger partial charge in [0.2, 0.25) is 0 Å². The third-order valence-electron chi connectivity index (χ3n) is 2.81. The zero-order valence-electron chi connectivity index (χ0n) is 12.2. The van der Waals surface area contributed by atoms with E-state index in [-0.39, 0.29) is 24.7 Å². The zero-order valence-corrected chi connectivity index (χ0v) is 12.2. The molecule has 0 radical (unpaired) electrons. The number of urea groups is 1. The Morgan fingerprint density at radius 1 is 1.24 bits per heavy atom. The molecule has 6 nitrogen and oxygen atoms in total. The molecule has 0 aromatic heterocycles. The van der Waals surface area contributed by atoms with E-state index in [0.29, 0.717) is 12.2 Å². The van der Waals surface area contributed by atoms with Crippen LogP contribution in [-0.4, -0.2) is 53.9 Å². The molecule has 1 aromatic rings. The molecule has 21 heavy (non-hydrogen) atoms. The van der Waals surface area contributed by atoms with Crippen molar-refractivity contribution in [3.05, 3.63) is 42.0 Å². The summed E-state index contributed by atoms with van der Waals surface area (Å²) in [6.45, 7) is 5.94. The van der Waals surface area contributed by atoms with Gasteiger partial charge in [0.1, 0.15) is 0 Å². The van der Waals surface area contributed by atoms with Crippen LogP contribution < -0.4 is 4.90 Å². The van der Waals surface area contributed by atoms with Crippen LogP contribution >= 0.6 is 0 Å². The molecule has 0 aliphatic heterocycles. The lowest BCUT2D eigenvalue weighted by atomic mass is 10.2. The summed E-state index contributed by atoms with van der Waals surface area (Å²) in [6.07, 6.45) is 0. The molecule has 0 saturated carbocycles. The maximum absolute atomic E-state index is 12.4. The maximum Gasteiger partial charge on any atom is 0.335 e. The Morgan fingerprint density at radius 3 is 2.24 bits per heavy atom. The van der Waals surface area contributed by atoms with Crippen LogP contribution in [0.2, 0.25) is 0 Å². The number of rotatable bonds is 6. The van der Waals surface area contributed by atoms with Crippen LogP contribution in [0.25, 0.3) is 0 Å². The topological polar surface area (TPSA) is 81.1 Å². The molecule has 0 atom stereocenters. The van der Waals surface area contributed by atoms with Gasteiger partial charge in [-0.2, -0.15) is 0 Å². The quantitative estimate of drug-likeness (QED) is 0.784. The average molecular weight is 292 g/mol. The lowest BCUT2D eigenvalue weighted by Crippen LogP contribution is -2.43. The van der Waals surface area contributed by atoms with Gasteiger partial charge in [-0.25, -0.2) is 9.59 Å². The van der Waals surface area contributed by atoms with Crippen molar-refractivity contribution in [1.29, 1.82) is 0 Å². The van der Waals surface area contributed by atoms with E-state index in [9.17, 15) is 9.59 Å². The van der Waals surface area contributed by atoms with Gasteiger partial charge >= 0.3 is 12.0 Å². The highest BCUT2D eigenvalue weighted by Gasteiger charge is 2.19. The van der Waals surface area contributed by atoms with Crippen molar-refractivity contribution in [2.24, 2.45) is 0 Å². The standard InChI is InChI=1S/C15H20N2O4/c1-11(2)10-16(3)15(21)17(8-9-18)13-6-4-12(5-7-13)14(19)20/h4-7,18H,1,8-10H2,2-3H3,(H,19,20). The maximum atomic E-state index is 12.4. The molecule has 1 aromatic carbocycles. The lowest BCUT2D eigenvalue weighted by molar-refractivity contribution is 0.0697. The molecule has 6 heteroatoms. The highest BCUT2D eigenvalue weighted by atomic mass is 16.4. The molecule has 0 saturated heterocycles. The number of carbonyl (C=O) groups is 2. The predicted molar refractivity (Wildman–Crippen MR) is 80.7 cm³/mol. The average Bonchev–Trinajstić information content (AvgIpc) is 2.43. The van der Waals surface area contributed by atoms with E-state index < -0.39 is 5.97 Å². The van der Waals surface area contributed by atoms with Gasteiger partial charge < -0.3 is 15.1 Å². The second-order valence-electron chi connectivity index (χ2n) is 4.82. The number of likely N-dealkylation sites (N-methyl/N-ethyl adjacent to an activating group) is 1. The highest BCUT2D eigenvalue weighted by molar-refractivity contribution is 5.93. The van der Waals surface area contributed by atoms with Gasteiger partial charge in [-0.05, 0) is 31.2 Å². The summed E-state index contributed by atoms with van der Waals surface area (Å²) in [5.41, 5.74) is 1.52. The summed E-state index contributed by atoms with van der Waals surface area (Å²) in [4.78, 5) is 26.1. The number of amides is 2. The van der Waals surface area contributed by atoms with Crippen LogP contribution in [0.4, 0.5) is 10.5 Å². The minimum absolute atomic E-state index is 0.131. The molecule has 0 spiro atoms. The minimum atomic E-state index is -1.03. The van der Waals surface area contributed by atoms with Crippen molar-refractivity contribution in [3.63, 3.8) is 0 Å². The smallest absolute Gasteiger partial charge is 0.335 e. The summed E-state index contributed by atoms with van der Waals surface area (Å²) in [5.74, 6) is -1.03. The molecule has 0 aliphatic carbocycles. The van der Waals surface area contributed by atoms with Gasteiger partial charge in [-0.3, -0.25) is 4.90 Å². The van der Waals surface area contributed by atoms with Gasteiger partial charge in [-0.15, -0.1) is 0 Å². The third-order valence-corrected chi connectivity index (χ3v) is 2.81. The number of carboxylic acids is 1. The monoisotopic (exact) mass is 292 g/mol. The Bertz CT molecular complexity index is 525. The van der Waals surface area contributed by atoms with Crippen LogP contribution in [0.3, 0.4) is 0 Å². The van der Waals surface area contributed by atoms with Crippen LogP contribution in [-0.2, 0) is 0 Å². The molecular formula is C15H20N2O4. The fraction of sp³-hybridized carbons (Fsp3) is 0.333. The van der Waals surface area contributed by atoms with E-state index in [4.69, 9.17) is 10.2 Å². The summed E-state index contributed by atoms with van der Waals surface area (Å²) in [5, 5.41) is 18.0. The number of hydrogen-bond donors (Lipinski definition) is 2. The number of aliphatic hydroxyl groups is 1. The van der Waals surface area contributed by atoms with Crippen molar-refractivity contribution in [1.82, 2.24) is 4.90 Å². The number of aliphatic hydroxyl groups excluding tert-OH is 1. The lowest BCUT2D eigenvalue weighted by Gasteiger charge is -2.28. The first-order valence-corrected chi connectivity index (χ1v) is 6.48. The first-order chi connectivity index (χ1) is 9.86. The normalized spacial score (nSPS) is 10.0. The van der Waals surface area contributed by atoms with Crippen LogP contribution in [0.5, 0.6) is 0 Å². The van der Waals surface area contributed by atoms with Gasteiger partial charge in [-0.1, -0.05) is 12.2 Å². The van der Waals surface area contributed by atoms with Crippen molar-refractivity contribution in [2.45, 2.75) is 6.92 Å². The zero-order chi connectivity index (χ0) is 16.0. The number of aromatic carboxylic acids is 1. The number of carboxylic acid groups (broad SMARTS) is 1. The Morgan fingerprint density at radius 2 is 1.81 bits per heavy atom. The number of hydrogen-bond acceptors (Lipinski definition) is 3. The summed E-state index contributed by atoms with van der Waals surface area (Å²) in [6, 6.07) is 5.66. The molecule has 114 valence electrons. The number of nitrogens with zero attached hydrogens (tertiary/aromatic N) is 2. The van der Waals surface area contributed by atoms with Crippen LogP contribution in [0.15, 0.2) is 36.4 Å². The molecule has 0 unspecified atom stereocenters. The molecule has 0 fully saturated rings. The first kappa shape index (κ1) is 16.7. The third kappa shape index (κ3) is 4.61. The first-order valence-electron chi connectivity index (χ1n) is 6.48. The fourth-order valence-electron chi connectivity index (χ4n) is 1.90. The van der Waals surface area contributed by atoms with E-state index in [0.717, 1.165) is 5.57 Å². The Kier molecular flexibility index (Phi) is 5.92. The minimum Gasteiger partial charge on any atom is -0.478 e. The predicted octanol–water partition coefficient (Wildman–Crippen LogP) is 1.81. The van der Waals surface area contributed by atoms with Crippen LogP contribution in [0.1, 0.15) is 17.3 Å². The van der Waals surface area contributed by atoms with Crippen molar-refractivity contribution in [3.8, 4) is 0 Å². The summed E-state index contributed by atoms with van der Waals surface area (Å²) in [7, 11) is 1.65. The van der Waals surface area contributed by atoms with E-state index in [2.05, 4.69) is 6.58 Å². The number of benzene rings is 1.